The van der Waals surface area contributed by atoms with Crippen LogP contribution in [0, 0.1) is 11.7 Å². The maximum atomic E-state index is 5.51. The molecule has 0 spiro atoms. The Hall–Kier alpha value is -1.50. The highest BCUT2D eigenvalue weighted by Crippen LogP contribution is 2.18. The molecule has 21 heavy (non-hydrogen) atoms. The van der Waals surface area contributed by atoms with Crippen molar-refractivity contribution in [3.8, 4) is 11.4 Å². The standard InChI is InChI=1S/C15H20N4OS/c1-12-3-5-13(6-4-12)14-16-19(15(21)17(14)2)11-18-7-9-20-10-8-18/h3-6H,7-11H2,1-2H3. The molecule has 5 nitrogen and oxygen atoms in total. The maximum absolute atomic E-state index is 5.51. The fourth-order valence-electron chi connectivity index (χ4n) is 2.47. The van der Waals surface area contributed by atoms with Gasteiger partial charge in [0.05, 0.1) is 19.9 Å². The van der Waals surface area contributed by atoms with Gasteiger partial charge < -0.3 is 9.30 Å². The summed E-state index contributed by atoms with van der Waals surface area (Å²) in [5.41, 5.74) is 2.34. The van der Waals surface area contributed by atoms with Crippen LogP contribution in [0.4, 0.5) is 0 Å². The second kappa shape index (κ2) is 6.09. The predicted octanol–water partition coefficient (Wildman–Crippen LogP) is 2.22. The van der Waals surface area contributed by atoms with E-state index in [-0.39, 0.29) is 0 Å². The number of aryl methyl sites for hydroxylation is 1. The largest absolute Gasteiger partial charge is 0.379 e. The lowest BCUT2D eigenvalue weighted by Gasteiger charge is -2.25. The van der Waals surface area contributed by atoms with E-state index < -0.39 is 0 Å². The molecule has 3 rings (SSSR count). The third-order valence-electron chi connectivity index (χ3n) is 3.79. The van der Waals surface area contributed by atoms with Crippen LogP contribution in [-0.4, -0.2) is 45.6 Å². The maximum Gasteiger partial charge on any atom is 0.199 e. The van der Waals surface area contributed by atoms with E-state index in [0.29, 0.717) is 0 Å². The van der Waals surface area contributed by atoms with Crippen molar-refractivity contribution in [1.29, 1.82) is 0 Å². The van der Waals surface area contributed by atoms with Gasteiger partial charge >= 0.3 is 0 Å². The molecule has 0 unspecified atom stereocenters. The van der Waals surface area contributed by atoms with E-state index in [1.54, 1.807) is 0 Å². The van der Waals surface area contributed by atoms with E-state index in [9.17, 15) is 0 Å². The Morgan fingerprint density at radius 1 is 1.19 bits per heavy atom. The molecule has 112 valence electrons. The Kier molecular flexibility index (Phi) is 4.19. The van der Waals surface area contributed by atoms with Gasteiger partial charge in [0.1, 0.15) is 0 Å². The minimum atomic E-state index is 0.724. The Balaban J connectivity index is 1.88. The Labute approximate surface area is 129 Å². The molecule has 1 aromatic carbocycles. The summed E-state index contributed by atoms with van der Waals surface area (Å²) in [4.78, 5) is 2.31. The van der Waals surface area contributed by atoms with Gasteiger partial charge in [0, 0.05) is 25.7 Å². The quantitative estimate of drug-likeness (QED) is 0.815. The molecule has 0 N–H and O–H groups in total. The van der Waals surface area contributed by atoms with E-state index in [1.807, 2.05) is 16.3 Å². The van der Waals surface area contributed by atoms with Crippen LogP contribution in [-0.2, 0) is 18.5 Å². The summed E-state index contributed by atoms with van der Waals surface area (Å²) in [6.07, 6.45) is 0. The van der Waals surface area contributed by atoms with Crippen LogP contribution in [0.5, 0.6) is 0 Å². The zero-order chi connectivity index (χ0) is 14.8. The SMILES string of the molecule is Cc1ccc(-c2nn(CN3CCOCC3)c(=S)n2C)cc1. The molecule has 2 aromatic rings. The summed E-state index contributed by atoms with van der Waals surface area (Å²) >= 11 is 5.51. The summed E-state index contributed by atoms with van der Waals surface area (Å²) in [5.74, 6) is 0.910. The molecule has 0 atom stereocenters. The van der Waals surface area contributed by atoms with Gasteiger partial charge in [0.15, 0.2) is 10.6 Å². The average molecular weight is 304 g/mol. The van der Waals surface area contributed by atoms with Gasteiger partial charge in [-0.15, -0.1) is 0 Å². The molecule has 1 aliphatic heterocycles. The van der Waals surface area contributed by atoms with Gasteiger partial charge in [0.2, 0.25) is 0 Å². The molecule has 6 heteroatoms. The molecule has 0 bridgehead atoms. The molecular formula is C15H20N4OS. The highest BCUT2D eigenvalue weighted by Gasteiger charge is 2.14. The molecule has 0 aliphatic carbocycles. The summed E-state index contributed by atoms with van der Waals surface area (Å²) in [5, 5.41) is 4.70. The zero-order valence-corrected chi connectivity index (χ0v) is 13.3. The minimum Gasteiger partial charge on any atom is -0.379 e. The first-order valence-corrected chi connectivity index (χ1v) is 7.57. The fourth-order valence-corrected chi connectivity index (χ4v) is 2.65. The molecule has 2 heterocycles. The highest BCUT2D eigenvalue weighted by atomic mass is 32.1. The van der Waals surface area contributed by atoms with Crippen molar-refractivity contribution in [3.05, 3.63) is 34.6 Å². The normalized spacial score (nSPS) is 16.3. The lowest BCUT2D eigenvalue weighted by Crippen LogP contribution is -2.37. The van der Waals surface area contributed by atoms with E-state index in [4.69, 9.17) is 22.1 Å². The lowest BCUT2D eigenvalue weighted by atomic mass is 10.1. The van der Waals surface area contributed by atoms with Crippen molar-refractivity contribution in [2.45, 2.75) is 13.6 Å². The lowest BCUT2D eigenvalue weighted by molar-refractivity contribution is 0.0210. The van der Waals surface area contributed by atoms with Crippen molar-refractivity contribution in [3.63, 3.8) is 0 Å². The second-order valence-corrected chi connectivity index (χ2v) is 5.77. The third-order valence-corrected chi connectivity index (χ3v) is 4.27. The first-order chi connectivity index (χ1) is 10.1. The van der Waals surface area contributed by atoms with Crippen LogP contribution in [0.15, 0.2) is 24.3 Å². The Morgan fingerprint density at radius 3 is 2.52 bits per heavy atom. The van der Waals surface area contributed by atoms with Gasteiger partial charge in [-0.2, -0.15) is 5.10 Å². The van der Waals surface area contributed by atoms with Crippen LogP contribution in [0.25, 0.3) is 11.4 Å². The molecule has 0 amide bonds. The molecule has 1 aliphatic rings. The number of nitrogens with zero attached hydrogens (tertiary/aromatic N) is 4. The van der Waals surface area contributed by atoms with Crippen molar-refractivity contribution < 1.29 is 4.74 Å². The third kappa shape index (κ3) is 3.07. The van der Waals surface area contributed by atoms with Crippen LogP contribution < -0.4 is 0 Å². The predicted molar refractivity (Wildman–Crippen MR) is 84.6 cm³/mol. The molecule has 1 aromatic heterocycles. The summed E-state index contributed by atoms with van der Waals surface area (Å²) in [6.45, 7) is 6.23. The number of rotatable bonds is 3. The van der Waals surface area contributed by atoms with Crippen molar-refractivity contribution in [2.24, 2.45) is 7.05 Å². The van der Waals surface area contributed by atoms with E-state index in [1.165, 1.54) is 5.56 Å². The smallest absolute Gasteiger partial charge is 0.199 e. The Morgan fingerprint density at radius 2 is 1.86 bits per heavy atom. The minimum absolute atomic E-state index is 0.724. The first-order valence-electron chi connectivity index (χ1n) is 7.16. The van der Waals surface area contributed by atoms with Gasteiger partial charge in [-0.05, 0) is 19.1 Å². The van der Waals surface area contributed by atoms with Crippen molar-refractivity contribution in [2.75, 3.05) is 26.3 Å². The zero-order valence-electron chi connectivity index (χ0n) is 12.5. The second-order valence-electron chi connectivity index (χ2n) is 5.40. The van der Waals surface area contributed by atoms with Crippen LogP contribution in [0.2, 0.25) is 0 Å². The topological polar surface area (TPSA) is 35.2 Å². The molecule has 1 saturated heterocycles. The summed E-state index contributed by atoms with van der Waals surface area (Å²) in [6, 6.07) is 8.37. The van der Waals surface area contributed by atoms with E-state index in [2.05, 4.69) is 36.1 Å². The van der Waals surface area contributed by atoms with Gasteiger partial charge in [-0.25, -0.2) is 4.68 Å². The van der Waals surface area contributed by atoms with Crippen molar-refractivity contribution in [1.82, 2.24) is 19.2 Å². The summed E-state index contributed by atoms with van der Waals surface area (Å²) < 4.78 is 9.99. The molecular weight excluding hydrogens is 284 g/mol. The highest BCUT2D eigenvalue weighted by molar-refractivity contribution is 7.71. The summed E-state index contributed by atoms with van der Waals surface area (Å²) in [7, 11) is 1.97. The van der Waals surface area contributed by atoms with E-state index in [0.717, 1.165) is 49.1 Å². The van der Waals surface area contributed by atoms with Gasteiger partial charge in [-0.3, -0.25) is 4.90 Å². The number of ether oxygens (including phenoxy) is 1. The molecule has 1 fully saturated rings. The van der Waals surface area contributed by atoms with E-state index >= 15 is 0 Å². The molecule has 0 radical (unpaired) electrons. The average Bonchev–Trinajstić information content (AvgIpc) is 2.78. The fraction of sp³-hybridized carbons (Fsp3) is 0.467. The molecule has 0 saturated carbocycles. The van der Waals surface area contributed by atoms with Gasteiger partial charge in [-0.1, -0.05) is 29.8 Å². The van der Waals surface area contributed by atoms with Crippen LogP contribution in [0.3, 0.4) is 0 Å². The number of benzene rings is 1. The monoisotopic (exact) mass is 304 g/mol. The Bertz CT molecular complexity index is 668. The number of aromatic nitrogens is 3. The number of hydrogen-bond donors (Lipinski definition) is 0. The van der Waals surface area contributed by atoms with Crippen LogP contribution >= 0.6 is 12.2 Å². The number of morpholine rings is 1. The van der Waals surface area contributed by atoms with Gasteiger partial charge in [0.25, 0.3) is 0 Å². The van der Waals surface area contributed by atoms with Crippen LogP contribution in [0.1, 0.15) is 5.56 Å². The van der Waals surface area contributed by atoms with Crippen molar-refractivity contribution >= 4 is 12.2 Å². The first kappa shape index (κ1) is 14.4. The number of hydrogen-bond acceptors (Lipinski definition) is 4.